The van der Waals surface area contributed by atoms with Crippen molar-refractivity contribution in [2.45, 2.75) is 20.3 Å². The van der Waals surface area contributed by atoms with Gasteiger partial charge in [-0.2, -0.15) is 0 Å². The third-order valence-electron chi connectivity index (χ3n) is 2.44. The Morgan fingerprint density at radius 1 is 1.06 bits per heavy atom. The Labute approximate surface area is 94.5 Å². The molecule has 16 heavy (non-hydrogen) atoms. The first-order valence-corrected chi connectivity index (χ1v) is 5.30. The van der Waals surface area contributed by atoms with Crippen LogP contribution >= 0.6 is 0 Å². The van der Waals surface area contributed by atoms with E-state index in [-0.39, 0.29) is 5.63 Å². The molecule has 0 aliphatic heterocycles. The smallest absolute Gasteiger partial charge is 0.336 e. The monoisotopic (exact) mass is 214 g/mol. The van der Waals surface area contributed by atoms with E-state index in [1.54, 1.807) is 13.0 Å². The summed E-state index contributed by atoms with van der Waals surface area (Å²) in [6, 6.07) is 11.7. The van der Waals surface area contributed by atoms with E-state index < -0.39 is 0 Å². The fourth-order valence-electron chi connectivity index (χ4n) is 1.83. The van der Waals surface area contributed by atoms with Crippen LogP contribution in [0.15, 0.2) is 45.6 Å². The van der Waals surface area contributed by atoms with Gasteiger partial charge in [-0.15, -0.1) is 0 Å². The van der Waals surface area contributed by atoms with Crippen LogP contribution in [0.2, 0.25) is 0 Å². The highest BCUT2D eigenvalue weighted by Crippen LogP contribution is 2.10. The van der Waals surface area contributed by atoms with E-state index in [1.807, 2.05) is 12.1 Å². The zero-order valence-corrected chi connectivity index (χ0v) is 9.49. The number of aryl methyl sites for hydroxylation is 2. The van der Waals surface area contributed by atoms with Crippen LogP contribution in [-0.2, 0) is 6.42 Å². The quantitative estimate of drug-likeness (QED) is 0.769. The van der Waals surface area contributed by atoms with Crippen LogP contribution in [0, 0.1) is 13.8 Å². The van der Waals surface area contributed by atoms with E-state index in [0.29, 0.717) is 5.76 Å². The maximum atomic E-state index is 11.2. The summed E-state index contributed by atoms with van der Waals surface area (Å²) in [6.45, 7) is 3.86. The second kappa shape index (κ2) is 4.35. The van der Waals surface area contributed by atoms with Crippen molar-refractivity contribution < 1.29 is 4.42 Å². The summed E-state index contributed by atoms with van der Waals surface area (Å²) >= 11 is 0. The highest BCUT2D eigenvalue weighted by atomic mass is 16.4. The number of benzene rings is 1. The molecule has 0 amide bonds. The number of hydrogen-bond acceptors (Lipinski definition) is 2. The largest absolute Gasteiger partial charge is 0.428 e. The fourth-order valence-corrected chi connectivity index (χ4v) is 1.83. The van der Waals surface area contributed by atoms with Crippen molar-refractivity contribution in [3.05, 3.63) is 69.3 Å². The van der Waals surface area contributed by atoms with E-state index in [0.717, 1.165) is 12.0 Å². The Hall–Kier alpha value is -1.83. The summed E-state index contributed by atoms with van der Waals surface area (Å²) in [5.74, 6) is 0.662. The minimum absolute atomic E-state index is 0.275. The third-order valence-corrected chi connectivity index (χ3v) is 2.44. The Morgan fingerprint density at radius 3 is 2.56 bits per heavy atom. The predicted molar refractivity (Wildman–Crippen MR) is 63.7 cm³/mol. The minimum Gasteiger partial charge on any atom is -0.428 e. The standard InChI is InChI=1S/C14H14O2/c1-10-4-3-5-12(6-10)8-13-7-11(2)16-14(15)9-13/h3-7,9H,8H2,1-2H3. The molecule has 0 atom stereocenters. The molecule has 0 unspecified atom stereocenters. The molecule has 0 radical (unpaired) electrons. The fraction of sp³-hybridized carbons (Fsp3) is 0.214. The molecular weight excluding hydrogens is 200 g/mol. The van der Waals surface area contributed by atoms with Crippen LogP contribution in [0.5, 0.6) is 0 Å². The zero-order chi connectivity index (χ0) is 11.5. The molecule has 0 saturated heterocycles. The van der Waals surface area contributed by atoms with E-state index >= 15 is 0 Å². The Bertz CT molecular complexity index is 553. The van der Waals surface area contributed by atoms with Crippen LogP contribution in [0.3, 0.4) is 0 Å². The molecule has 2 aromatic rings. The van der Waals surface area contributed by atoms with Gasteiger partial charge in [-0.1, -0.05) is 29.8 Å². The maximum absolute atomic E-state index is 11.2. The summed E-state index contributed by atoms with van der Waals surface area (Å²) in [5.41, 5.74) is 3.17. The van der Waals surface area contributed by atoms with E-state index in [2.05, 4.69) is 25.1 Å². The molecular formula is C14H14O2. The molecule has 2 heteroatoms. The van der Waals surface area contributed by atoms with E-state index in [4.69, 9.17) is 4.42 Å². The summed E-state index contributed by atoms with van der Waals surface area (Å²) in [4.78, 5) is 11.2. The second-order valence-electron chi connectivity index (χ2n) is 4.06. The highest BCUT2D eigenvalue weighted by Gasteiger charge is 2.00. The lowest BCUT2D eigenvalue weighted by Crippen LogP contribution is -2.01. The highest BCUT2D eigenvalue weighted by molar-refractivity contribution is 5.28. The van der Waals surface area contributed by atoms with Gasteiger partial charge in [0.25, 0.3) is 0 Å². The molecule has 0 spiro atoms. The van der Waals surface area contributed by atoms with Crippen LogP contribution in [0.25, 0.3) is 0 Å². The molecule has 0 saturated carbocycles. The zero-order valence-electron chi connectivity index (χ0n) is 9.49. The van der Waals surface area contributed by atoms with Gasteiger partial charge < -0.3 is 4.42 Å². The average Bonchev–Trinajstić information content (AvgIpc) is 2.15. The summed E-state index contributed by atoms with van der Waals surface area (Å²) in [6.07, 6.45) is 0.772. The van der Waals surface area contributed by atoms with E-state index in [9.17, 15) is 4.79 Å². The van der Waals surface area contributed by atoms with Crippen molar-refractivity contribution in [1.29, 1.82) is 0 Å². The van der Waals surface area contributed by atoms with Gasteiger partial charge in [0, 0.05) is 6.07 Å². The van der Waals surface area contributed by atoms with Crippen molar-refractivity contribution in [3.8, 4) is 0 Å². The Kier molecular flexibility index (Phi) is 2.91. The lowest BCUT2D eigenvalue weighted by Gasteiger charge is -2.03. The number of hydrogen-bond donors (Lipinski definition) is 0. The van der Waals surface area contributed by atoms with Gasteiger partial charge in [0.1, 0.15) is 5.76 Å². The maximum Gasteiger partial charge on any atom is 0.336 e. The van der Waals surface area contributed by atoms with Crippen molar-refractivity contribution in [1.82, 2.24) is 0 Å². The molecule has 0 bridgehead atoms. The van der Waals surface area contributed by atoms with Crippen LogP contribution in [0.4, 0.5) is 0 Å². The van der Waals surface area contributed by atoms with Gasteiger partial charge in [-0.25, -0.2) is 4.79 Å². The van der Waals surface area contributed by atoms with Gasteiger partial charge in [-0.3, -0.25) is 0 Å². The van der Waals surface area contributed by atoms with E-state index in [1.165, 1.54) is 11.1 Å². The molecule has 82 valence electrons. The Morgan fingerprint density at radius 2 is 1.88 bits per heavy atom. The average molecular weight is 214 g/mol. The van der Waals surface area contributed by atoms with Crippen LogP contribution < -0.4 is 5.63 Å². The Balaban J connectivity index is 2.30. The molecule has 0 aliphatic carbocycles. The first-order valence-electron chi connectivity index (χ1n) is 5.30. The third kappa shape index (κ3) is 2.60. The molecule has 0 fully saturated rings. The summed E-state index contributed by atoms with van der Waals surface area (Å²) in [7, 11) is 0. The van der Waals surface area contributed by atoms with Crippen molar-refractivity contribution in [2.75, 3.05) is 0 Å². The summed E-state index contributed by atoms with van der Waals surface area (Å²) in [5, 5.41) is 0. The number of rotatable bonds is 2. The van der Waals surface area contributed by atoms with Gasteiger partial charge in [0.15, 0.2) is 0 Å². The summed E-state index contributed by atoms with van der Waals surface area (Å²) < 4.78 is 4.92. The van der Waals surface area contributed by atoms with Crippen molar-refractivity contribution in [3.63, 3.8) is 0 Å². The van der Waals surface area contributed by atoms with Gasteiger partial charge in [0.05, 0.1) is 0 Å². The lowest BCUT2D eigenvalue weighted by molar-refractivity contribution is 0.478. The van der Waals surface area contributed by atoms with Crippen LogP contribution in [0.1, 0.15) is 22.5 Å². The molecule has 0 N–H and O–H groups in total. The lowest BCUT2D eigenvalue weighted by atomic mass is 10.0. The molecule has 2 rings (SSSR count). The molecule has 1 heterocycles. The van der Waals surface area contributed by atoms with Gasteiger partial charge in [0.2, 0.25) is 0 Å². The first kappa shape index (κ1) is 10.7. The van der Waals surface area contributed by atoms with Crippen molar-refractivity contribution >= 4 is 0 Å². The van der Waals surface area contributed by atoms with Crippen molar-refractivity contribution in [2.24, 2.45) is 0 Å². The van der Waals surface area contributed by atoms with Crippen LogP contribution in [-0.4, -0.2) is 0 Å². The SMILES string of the molecule is Cc1cccc(Cc2cc(C)oc(=O)c2)c1. The topological polar surface area (TPSA) is 30.2 Å². The van der Waals surface area contributed by atoms with Gasteiger partial charge >= 0.3 is 5.63 Å². The molecule has 0 aliphatic rings. The minimum atomic E-state index is -0.275. The molecule has 1 aromatic heterocycles. The first-order chi connectivity index (χ1) is 7.63. The molecule has 1 aromatic carbocycles. The van der Waals surface area contributed by atoms with Gasteiger partial charge in [-0.05, 0) is 37.5 Å². The molecule has 2 nitrogen and oxygen atoms in total. The predicted octanol–water partition coefficient (Wildman–Crippen LogP) is 2.85. The normalized spacial score (nSPS) is 10.4. The second-order valence-corrected chi connectivity index (χ2v) is 4.06.